The Kier molecular flexibility index (Phi) is 74.7. The van der Waals surface area contributed by atoms with Gasteiger partial charge in [0.1, 0.15) is 0 Å². The number of nitrogens with one attached hydrogen (secondary N) is 2. The molecule has 3 rings (SSSR count). The van der Waals surface area contributed by atoms with Crippen molar-refractivity contribution in [3.05, 3.63) is 109 Å². The Hall–Kier alpha value is -3.11. The normalized spacial score (nSPS) is 6.97. The Labute approximate surface area is 231 Å². The number of hydrogen-bond acceptors (Lipinski definition) is 2. The number of rotatable bonds is 0. The molecule has 0 heterocycles. The average Bonchev–Trinajstić information content (AvgIpc) is 2.99. The van der Waals surface area contributed by atoms with Gasteiger partial charge in [-0.25, -0.2) is 4.79 Å². The summed E-state index contributed by atoms with van der Waals surface area (Å²) in [6.45, 7) is 18.5. The van der Waals surface area contributed by atoms with Crippen molar-refractivity contribution < 1.29 is 9.53 Å². The van der Waals surface area contributed by atoms with Crippen LogP contribution in [0.1, 0.15) is 62.3 Å². The highest BCUT2D eigenvalue weighted by Gasteiger charge is 1.81. The van der Waals surface area contributed by atoms with Crippen LogP contribution in [0, 0.1) is 5.92 Å². The molecule has 0 spiro atoms. The van der Waals surface area contributed by atoms with Crippen molar-refractivity contribution in [3.63, 3.8) is 0 Å². The van der Waals surface area contributed by atoms with Gasteiger partial charge in [-0.1, -0.05) is 172 Å². The second kappa shape index (κ2) is 58.6. The van der Waals surface area contributed by atoms with Crippen molar-refractivity contribution in [1.29, 1.82) is 0 Å². The minimum absolute atomic E-state index is 0.157. The third kappa shape index (κ3) is 87.9. The molecule has 3 aromatic rings. The van der Waals surface area contributed by atoms with Crippen LogP contribution in [-0.2, 0) is 4.74 Å². The molecule has 0 saturated heterocycles. The summed E-state index contributed by atoms with van der Waals surface area (Å²) in [5.74, 6) is 0.833. The molecule has 3 aromatic carbocycles. The lowest BCUT2D eigenvalue weighted by molar-refractivity contribution is 0.245. The van der Waals surface area contributed by atoms with Gasteiger partial charge < -0.3 is 15.4 Å². The van der Waals surface area contributed by atoms with Crippen LogP contribution in [0.3, 0.4) is 0 Å². The smallest absolute Gasteiger partial charge is 0.314 e. The lowest BCUT2D eigenvalue weighted by Crippen LogP contribution is -2.28. The summed E-state index contributed by atoms with van der Waals surface area (Å²) < 4.78 is 4.25. The summed E-state index contributed by atoms with van der Waals surface area (Å²) in [4.78, 5) is 9.96. The number of benzene rings is 3. The number of methoxy groups -OCH3 is 1. The van der Waals surface area contributed by atoms with E-state index in [1.165, 1.54) is 0 Å². The number of carbonyl (C=O) groups excluding carboxylic acids is 1. The first-order valence-corrected chi connectivity index (χ1v) is 13.3. The third-order valence-corrected chi connectivity index (χ3v) is 2.45. The average molecular weight is 517 g/mol. The van der Waals surface area contributed by atoms with E-state index >= 15 is 0 Å². The van der Waals surface area contributed by atoms with Crippen LogP contribution in [-0.4, -0.2) is 34.3 Å². The summed E-state index contributed by atoms with van der Waals surface area (Å²) in [6, 6.07) is 35.8. The van der Waals surface area contributed by atoms with E-state index in [9.17, 15) is 4.79 Å². The maximum Gasteiger partial charge on any atom is 0.314 e. The number of carbonyl (C=O) groups is 1. The van der Waals surface area contributed by atoms with Crippen molar-refractivity contribution in [2.75, 3.05) is 28.3 Å². The summed E-state index contributed by atoms with van der Waals surface area (Å²) in [7, 11) is 6.39. The van der Waals surface area contributed by atoms with Crippen LogP contribution in [0.4, 0.5) is 4.79 Å². The molecule has 37 heavy (non-hydrogen) atoms. The van der Waals surface area contributed by atoms with Crippen LogP contribution in [0.15, 0.2) is 109 Å². The SMILES string of the molecule is CC.CC.CC.CC(C)C.CNC(=O)NC.COC.c1ccccc1.c1ccccc1.c1ccccc1. The molecule has 4 heteroatoms. The molecule has 2 N–H and O–H groups in total. The predicted octanol–water partition coefficient (Wildman–Crippen LogP) is 9.61. The molecule has 0 bridgehead atoms. The minimum atomic E-state index is -0.157. The van der Waals surface area contributed by atoms with Crippen LogP contribution in [0.5, 0.6) is 0 Å². The highest BCUT2D eigenvalue weighted by atomic mass is 16.4. The summed E-state index contributed by atoms with van der Waals surface area (Å²) in [5.41, 5.74) is 0. The monoisotopic (exact) mass is 516 g/mol. The van der Waals surface area contributed by atoms with E-state index in [1.807, 2.05) is 151 Å². The molecule has 4 nitrogen and oxygen atoms in total. The molecule has 0 aliphatic heterocycles. The molecule has 0 saturated carbocycles. The Morgan fingerprint density at radius 3 is 0.568 bits per heavy atom. The molecule has 0 unspecified atom stereocenters. The largest absolute Gasteiger partial charge is 0.388 e. The second-order valence-corrected chi connectivity index (χ2v) is 6.43. The van der Waals surface area contributed by atoms with Gasteiger partial charge in [-0.05, 0) is 5.92 Å². The van der Waals surface area contributed by atoms with Crippen LogP contribution >= 0.6 is 0 Å². The number of amides is 2. The highest BCUT2D eigenvalue weighted by molar-refractivity contribution is 5.72. The first-order chi connectivity index (χ1) is 18.0. The number of hydrogen-bond donors (Lipinski definition) is 2. The highest BCUT2D eigenvalue weighted by Crippen LogP contribution is 1.82. The van der Waals surface area contributed by atoms with Crippen molar-refractivity contribution in [3.8, 4) is 0 Å². The van der Waals surface area contributed by atoms with Gasteiger partial charge in [0.05, 0.1) is 0 Å². The standard InChI is InChI=1S/3C6H6.C4H10.C3H8N2O.C2H6O.3C2H6/c3*1-2-4-6-5-3-1;1-4(2)3;1-4-3(6)5-2;1-3-2;3*1-2/h3*1-6H;4H,1-3H3;1-2H3,(H2,4,5,6);1-2H3;3*1-2H3. The van der Waals surface area contributed by atoms with Gasteiger partial charge in [-0.2, -0.15) is 0 Å². The van der Waals surface area contributed by atoms with E-state index < -0.39 is 0 Å². The first kappa shape index (κ1) is 47.1. The fourth-order valence-electron chi connectivity index (χ4n) is 1.28. The fraction of sp³-hybridized carbons (Fsp3) is 0.424. The zero-order valence-corrected chi connectivity index (χ0v) is 26.3. The van der Waals surface area contributed by atoms with E-state index in [4.69, 9.17) is 0 Å². The Morgan fingerprint density at radius 2 is 0.541 bits per heavy atom. The lowest BCUT2D eigenvalue weighted by Gasteiger charge is -1.91. The molecule has 214 valence electrons. The summed E-state index contributed by atoms with van der Waals surface area (Å²) in [6.07, 6.45) is 0. The molecule has 0 fully saturated rings. The van der Waals surface area contributed by atoms with E-state index in [-0.39, 0.29) is 6.03 Å². The Bertz CT molecular complexity index is 470. The molecule has 0 radical (unpaired) electrons. The number of ether oxygens (including phenoxy) is 1. The topological polar surface area (TPSA) is 50.4 Å². The molecule has 0 aliphatic carbocycles. The first-order valence-electron chi connectivity index (χ1n) is 13.3. The van der Waals surface area contributed by atoms with Crippen molar-refractivity contribution in [1.82, 2.24) is 10.6 Å². The Morgan fingerprint density at radius 1 is 0.459 bits per heavy atom. The van der Waals surface area contributed by atoms with Gasteiger partial charge in [-0.15, -0.1) is 0 Å². The zero-order chi connectivity index (χ0) is 30.0. The van der Waals surface area contributed by atoms with Gasteiger partial charge in [-0.3, -0.25) is 0 Å². The van der Waals surface area contributed by atoms with Crippen molar-refractivity contribution in [2.45, 2.75) is 62.3 Å². The second-order valence-electron chi connectivity index (χ2n) is 6.43. The lowest BCUT2D eigenvalue weighted by atomic mass is 10.3. The zero-order valence-electron chi connectivity index (χ0n) is 26.3. The van der Waals surface area contributed by atoms with Crippen LogP contribution < -0.4 is 10.6 Å². The summed E-state index contributed by atoms with van der Waals surface area (Å²) >= 11 is 0. The third-order valence-electron chi connectivity index (χ3n) is 2.45. The Balaban J connectivity index is -0.0000000757. The molecule has 2 amide bonds. The van der Waals surface area contributed by atoms with E-state index in [2.05, 4.69) is 36.1 Å². The van der Waals surface area contributed by atoms with E-state index in [0.717, 1.165) is 5.92 Å². The van der Waals surface area contributed by atoms with Gasteiger partial charge in [0, 0.05) is 28.3 Å². The minimum Gasteiger partial charge on any atom is -0.388 e. The fourth-order valence-corrected chi connectivity index (χ4v) is 1.28. The predicted molar refractivity (Wildman–Crippen MR) is 170 cm³/mol. The maximum absolute atomic E-state index is 9.96. The van der Waals surface area contributed by atoms with Crippen molar-refractivity contribution in [2.24, 2.45) is 5.92 Å². The quantitative estimate of drug-likeness (QED) is 0.312. The molecule has 0 aromatic heterocycles. The molecular weight excluding hydrogens is 456 g/mol. The molecule has 0 aliphatic rings. The number of urea groups is 1. The van der Waals surface area contributed by atoms with E-state index in [1.54, 1.807) is 28.3 Å². The van der Waals surface area contributed by atoms with Gasteiger partial charge in [0.25, 0.3) is 0 Å². The van der Waals surface area contributed by atoms with Gasteiger partial charge in [0.15, 0.2) is 0 Å². The van der Waals surface area contributed by atoms with Gasteiger partial charge in [0.2, 0.25) is 0 Å². The van der Waals surface area contributed by atoms with E-state index in [0.29, 0.717) is 0 Å². The van der Waals surface area contributed by atoms with Crippen LogP contribution in [0.2, 0.25) is 0 Å². The molecule has 0 atom stereocenters. The summed E-state index contributed by atoms with van der Waals surface area (Å²) in [5, 5.41) is 4.73. The van der Waals surface area contributed by atoms with Crippen molar-refractivity contribution >= 4 is 6.03 Å². The van der Waals surface area contributed by atoms with Crippen LogP contribution in [0.25, 0.3) is 0 Å². The molecular formula is C33H60N2O2. The van der Waals surface area contributed by atoms with Gasteiger partial charge >= 0.3 is 6.03 Å². The maximum atomic E-state index is 9.96.